The summed E-state index contributed by atoms with van der Waals surface area (Å²) in [6, 6.07) is 6.82. The van der Waals surface area contributed by atoms with Gasteiger partial charge in [-0.2, -0.15) is 0 Å². The van der Waals surface area contributed by atoms with Crippen LogP contribution in [0.2, 0.25) is 10.3 Å². The zero-order valence-corrected chi connectivity index (χ0v) is 23.6. The number of rotatable bonds is 12. The molecule has 0 saturated carbocycles. The average Bonchev–Trinajstić information content (AvgIpc) is 2.92. The fourth-order valence-electron chi connectivity index (χ4n) is 3.73. The number of hydrogen-bond donors (Lipinski definition) is 0. The highest BCUT2D eigenvalue weighted by Crippen LogP contribution is 2.16. The van der Waals surface area contributed by atoms with Crippen molar-refractivity contribution in [1.29, 1.82) is 0 Å². The van der Waals surface area contributed by atoms with Crippen molar-refractivity contribution in [2.75, 3.05) is 27.2 Å². The van der Waals surface area contributed by atoms with E-state index in [9.17, 15) is 20.2 Å². The average molecular weight is 577 g/mol. The highest BCUT2D eigenvalue weighted by Gasteiger charge is 2.26. The number of pyridine rings is 2. The lowest BCUT2D eigenvalue weighted by molar-refractivity contribution is -0.417. The summed E-state index contributed by atoms with van der Waals surface area (Å²) in [7, 11) is 2.92. The minimum Gasteiger partial charge on any atom is -0.347 e. The minimum atomic E-state index is -0.550. The summed E-state index contributed by atoms with van der Waals surface area (Å²) in [5.41, 5.74) is 1.05. The molecule has 2 aromatic heterocycles. The number of likely N-dealkylation sites (N-methyl/N-ethyl adjacent to an activating group) is 2. The number of halogens is 2. The lowest BCUT2D eigenvalue weighted by atomic mass is 10.2. The van der Waals surface area contributed by atoms with Crippen LogP contribution in [0.4, 0.5) is 0 Å². The molecule has 0 aliphatic carbocycles. The molecule has 0 radical (unpaired) electrons. The van der Waals surface area contributed by atoms with E-state index in [1.807, 2.05) is 13.8 Å². The fourth-order valence-corrected chi connectivity index (χ4v) is 3.95. The summed E-state index contributed by atoms with van der Waals surface area (Å²) in [6.45, 7) is 5.16. The largest absolute Gasteiger partial charge is 0.347 e. The van der Waals surface area contributed by atoms with E-state index in [2.05, 4.69) is 20.0 Å². The number of hydrogen-bond acceptors (Lipinski definition) is 8. The first kappa shape index (κ1) is 31.3. The second-order valence-electron chi connectivity index (χ2n) is 8.03. The van der Waals surface area contributed by atoms with Crippen molar-refractivity contribution >= 4 is 34.9 Å². The molecular formula is C25H30Cl2N8O4. The van der Waals surface area contributed by atoms with Crippen LogP contribution in [0.25, 0.3) is 0 Å². The zero-order valence-electron chi connectivity index (χ0n) is 22.1. The molecule has 0 aromatic carbocycles. The first-order valence-electron chi connectivity index (χ1n) is 12.0. The van der Waals surface area contributed by atoms with Crippen LogP contribution in [-0.4, -0.2) is 68.5 Å². The molecule has 39 heavy (non-hydrogen) atoms. The summed E-state index contributed by atoms with van der Waals surface area (Å²) in [6.07, 6.45) is 5.70. The van der Waals surface area contributed by atoms with Gasteiger partial charge in [-0.15, -0.1) is 0 Å². The molecule has 0 fully saturated rings. The van der Waals surface area contributed by atoms with Crippen LogP contribution in [0.3, 0.4) is 0 Å². The fraction of sp³-hybridized carbons (Fsp3) is 0.360. The minimum absolute atomic E-state index is 0.0925. The van der Waals surface area contributed by atoms with Crippen molar-refractivity contribution in [3.8, 4) is 0 Å². The van der Waals surface area contributed by atoms with Gasteiger partial charge in [-0.1, -0.05) is 35.3 Å². The molecule has 12 nitrogen and oxygen atoms in total. The van der Waals surface area contributed by atoms with Crippen LogP contribution in [0, 0.1) is 20.2 Å². The van der Waals surface area contributed by atoms with Crippen molar-refractivity contribution in [3.63, 3.8) is 0 Å². The van der Waals surface area contributed by atoms with E-state index in [1.165, 1.54) is 26.2 Å². The van der Waals surface area contributed by atoms with Crippen molar-refractivity contribution in [3.05, 3.63) is 102 Å². The molecule has 2 heterocycles. The molecular weight excluding hydrogens is 547 g/mol. The number of aliphatic imine (C=N–C) groups is 2. The van der Waals surface area contributed by atoms with Gasteiger partial charge in [-0.25, -0.2) is 9.97 Å². The molecule has 2 rings (SSSR count). The predicted molar refractivity (Wildman–Crippen MR) is 152 cm³/mol. The van der Waals surface area contributed by atoms with E-state index < -0.39 is 9.85 Å². The molecule has 0 saturated heterocycles. The van der Waals surface area contributed by atoms with E-state index in [0.29, 0.717) is 36.5 Å². The Morgan fingerprint density at radius 1 is 0.821 bits per heavy atom. The maximum Gasteiger partial charge on any atom is 0.307 e. The van der Waals surface area contributed by atoms with Gasteiger partial charge < -0.3 is 9.80 Å². The lowest BCUT2D eigenvalue weighted by Crippen LogP contribution is -2.34. The van der Waals surface area contributed by atoms with Gasteiger partial charge in [0.25, 0.3) is 0 Å². The summed E-state index contributed by atoms with van der Waals surface area (Å²) in [4.78, 5) is 42.7. The first-order valence-corrected chi connectivity index (χ1v) is 12.7. The second-order valence-corrected chi connectivity index (χ2v) is 8.80. The first-order chi connectivity index (χ1) is 18.6. The Bertz CT molecular complexity index is 1160. The van der Waals surface area contributed by atoms with Crippen molar-refractivity contribution < 1.29 is 9.85 Å². The predicted octanol–water partition coefficient (Wildman–Crippen LogP) is 4.90. The molecule has 0 N–H and O–H groups in total. The molecule has 0 amide bonds. The summed E-state index contributed by atoms with van der Waals surface area (Å²) < 4.78 is 0. The summed E-state index contributed by atoms with van der Waals surface area (Å²) >= 11 is 11.7. The van der Waals surface area contributed by atoms with Gasteiger partial charge in [0.1, 0.15) is 10.3 Å². The zero-order chi connectivity index (χ0) is 28.9. The SMILES string of the molecule is CCN(Cc1ccc(Cl)nc1)C(=N\C)/C(=C\C/C=C(\C(=N\C)N(CC)Cc1ccc(Cl)nc1)[N+](=O)[O-])[N+](=O)[O-]. The van der Waals surface area contributed by atoms with Crippen molar-refractivity contribution in [2.45, 2.75) is 33.4 Å². The normalized spacial score (nSPS) is 12.9. The molecule has 0 atom stereocenters. The Morgan fingerprint density at radius 2 is 1.21 bits per heavy atom. The molecule has 208 valence electrons. The molecule has 2 aromatic rings. The maximum atomic E-state index is 12.0. The third-order valence-electron chi connectivity index (χ3n) is 5.58. The Balaban J connectivity index is 2.34. The van der Waals surface area contributed by atoms with E-state index in [4.69, 9.17) is 23.2 Å². The topological polar surface area (TPSA) is 143 Å². The van der Waals surface area contributed by atoms with Crippen LogP contribution >= 0.6 is 23.2 Å². The third-order valence-corrected chi connectivity index (χ3v) is 6.03. The second kappa shape index (κ2) is 15.5. The summed E-state index contributed by atoms with van der Waals surface area (Å²) in [5.74, 6) is 0.284. The number of amidine groups is 2. The number of allylic oxidation sites excluding steroid dienone is 2. The van der Waals surface area contributed by atoms with Gasteiger partial charge in [0.15, 0.2) is 0 Å². The van der Waals surface area contributed by atoms with Crippen molar-refractivity contribution in [2.24, 2.45) is 9.98 Å². The van der Waals surface area contributed by atoms with Crippen LogP contribution in [0.1, 0.15) is 31.4 Å². The lowest BCUT2D eigenvalue weighted by Gasteiger charge is -2.23. The Hall–Kier alpha value is -3.90. The molecule has 14 heteroatoms. The molecule has 0 spiro atoms. The Morgan fingerprint density at radius 3 is 1.46 bits per heavy atom. The molecule has 0 unspecified atom stereocenters. The highest BCUT2D eigenvalue weighted by atomic mass is 35.5. The van der Waals surface area contributed by atoms with E-state index in [0.717, 1.165) is 11.1 Å². The van der Waals surface area contributed by atoms with Crippen LogP contribution in [0.15, 0.2) is 70.2 Å². The van der Waals surface area contributed by atoms with E-state index >= 15 is 0 Å². The van der Waals surface area contributed by atoms with Crippen LogP contribution in [0.5, 0.6) is 0 Å². The quantitative estimate of drug-likeness (QED) is 0.114. The third kappa shape index (κ3) is 9.11. The monoisotopic (exact) mass is 576 g/mol. The molecule has 0 bridgehead atoms. The number of aromatic nitrogens is 2. The van der Waals surface area contributed by atoms with E-state index in [1.54, 1.807) is 46.5 Å². The number of nitrogens with zero attached hydrogens (tertiary/aromatic N) is 8. The van der Waals surface area contributed by atoms with Crippen molar-refractivity contribution in [1.82, 2.24) is 19.8 Å². The van der Waals surface area contributed by atoms with E-state index in [-0.39, 0.29) is 29.5 Å². The molecule has 0 aliphatic rings. The maximum absolute atomic E-state index is 12.0. The summed E-state index contributed by atoms with van der Waals surface area (Å²) in [5, 5.41) is 24.7. The van der Waals surface area contributed by atoms with Gasteiger partial charge in [-0.3, -0.25) is 30.2 Å². The Kier molecular flexibility index (Phi) is 12.4. The smallest absolute Gasteiger partial charge is 0.307 e. The molecule has 0 aliphatic heterocycles. The van der Waals surface area contributed by atoms with Gasteiger partial charge in [0.05, 0.1) is 9.85 Å². The van der Waals surface area contributed by atoms with Gasteiger partial charge in [0, 0.05) is 64.8 Å². The number of nitro groups is 2. The van der Waals surface area contributed by atoms with Crippen LogP contribution < -0.4 is 0 Å². The Labute approximate surface area is 236 Å². The standard InChI is InChI=1S/C25H30Cl2N8O4/c1-5-32(16-18-10-12-22(26)30-14-18)24(28-3)20(34(36)37)8-7-9-21(35(38)39)25(29-4)33(6-2)17-19-11-13-23(27)31-15-19/h8-15H,5-7,16-17H2,1-4H3/b20-8+,21-9+,28-24-,29-25-. The highest BCUT2D eigenvalue weighted by molar-refractivity contribution is 6.29. The van der Waals surface area contributed by atoms with Gasteiger partial charge >= 0.3 is 11.4 Å². The van der Waals surface area contributed by atoms with Gasteiger partial charge in [0.2, 0.25) is 11.7 Å². The van der Waals surface area contributed by atoms with Crippen LogP contribution in [-0.2, 0) is 13.1 Å². The van der Waals surface area contributed by atoms with Gasteiger partial charge in [-0.05, 0) is 43.5 Å².